The molecular formula is C41H46FN7O3. The van der Waals surface area contributed by atoms with E-state index in [1.54, 1.807) is 30.6 Å². The highest BCUT2D eigenvalue weighted by Gasteiger charge is 2.27. The van der Waals surface area contributed by atoms with Crippen LogP contribution in [0, 0.1) is 12.4 Å². The van der Waals surface area contributed by atoms with Gasteiger partial charge < -0.3 is 15.0 Å². The molecule has 2 saturated heterocycles. The molecule has 52 heavy (non-hydrogen) atoms. The van der Waals surface area contributed by atoms with Crippen LogP contribution in [0.2, 0.25) is 0 Å². The van der Waals surface area contributed by atoms with Crippen LogP contribution in [0.3, 0.4) is 0 Å². The third kappa shape index (κ3) is 8.20. The Labute approximate surface area is 303 Å². The normalized spacial score (nSPS) is 16.8. The monoisotopic (exact) mass is 703 g/mol. The predicted molar refractivity (Wildman–Crippen MR) is 202 cm³/mol. The number of fused-ring (bicyclic) bond motifs is 2. The van der Waals surface area contributed by atoms with Gasteiger partial charge in [-0.2, -0.15) is 0 Å². The first-order chi connectivity index (χ1) is 25.1. The SMILES string of the molecule is CC(c1ccc(C(C)(C)NC(=O)c2cc3[nH]c4ccccc4c(=O)c3cc2F)cn1)N1CCOCC1.[C-]#[N+]c1ccc(C(C)N2CCCCC2)nc1. The lowest BCUT2D eigenvalue weighted by Crippen LogP contribution is -2.41. The second kappa shape index (κ2) is 16.1. The summed E-state index contributed by atoms with van der Waals surface area (Å²) in [6.45, 7) is 20.4. The van der Waals surface area contributed by atoms with Crippen LogP contribution in [-0.2, 0) is 10.3 Å². The number of likely N-dealkylation sites (tertiary alicyclic amines) is 1. The predicted octanol–water partition coefficient (Wildman–Crippen LogP) is 7.45. The Morgan fingerprint density at radius 3 is 2.17 bits per heavy atom. The molecule has 0 saturated carbocycles. The molecule has 0 radical (unpaired) electrons. The zero-order chi connectivity index (χ0) is 36.8. The number of para-hydroxylation sites is 1. The van der Waals surface area contributed by atoms with Gasteiger partial charge in [0.1, 0.15) is 5.82 Å². The van der Waals surface area contributed by atoms with Gasteiger partial charge >= 0.3 is 0 Å². The van der Waals surface area contributed by atoms with Crippen LogP contribution in [0.15, 0.2) is 77.9 Å². The van der Waals surface area contributed by atoms with E-state index in [-0.39, 0.29) is 22.4 Å². The highest BCUT2D eigenvalue weighted by molar-refractivity contribution is 6.00. The topological polar surface area (TPSA) is 108 Å². The van der Waals surface area contributed by atoms with Gasteiger partial charge in [0, 0.05) is 53.9 Å². The fourth-order valence-electron chi connectivity index (χ4n) is 6.92. The Kier molecular flexibility index (Phi) is 11.4. The van der Waals surface area contributed by atoms with E-state index in [1.165, 1.54) is 38.4 Å². The molecule has 5 heterocycles. The smallest absolute Gasteiger partial charge is 0.255 e. The molecule has 1 amide bonds. The Balaban J connectivity index is 0.000000242. The quantitative estimate of drug-likeness (QED) is 0.134. The molecule has 10 nitrogen and oxygen atoms in total. The molecule has 2 atom stereocenters. The number of nitrogens with one attached hydrogen (secondary N) is 2. The Bertz CT molecular complexity index is 2110. The van der Waals surface area contributed by atoms with Crippen LogP contribution in [0.4, 0.5) is 10.1 Å². The summed E-state index contributed by atoms with van der Waals surface area (Å²) in [5.74, 6) is -1.32. The number of morpholine rings is 1. The molecular weight excluding hydrogens is 657 g/mol. The molecule has 11 heteroatoms. The molecule has 2 N–H and O–H groups in total. The van der Waals surface area contributed by atoms with Crippen molar-refractivity contribution >= 4 is 33.4 Å². The molecule has 0 spiro atoms. The van der Waals surface area contributed by atoms with E-state index in [4.69, 9.17) is 11.3 Å². The number of nitrogens with zero attached hydrogens (tertiary/aromatic N) is 5. The van der Waals surface area contributed by atoms with Gasteiger partial charge in [-0.15, -0.1) is 0 Å². The Morgan fingerprint density at radius 1 is 0.885 bits per heavy atom. The summed E-state index contributed by atoms with van der Waals surface area (Å²) >= 11 is 0. The summed E-state index contributed by atoms with van der Waals surface area (Å²) in [7, 11) is 0. The van der Waals surface area contributed by atoms with Crippen molar-refractivity contribution in [1.82, 2.24) is 30.1 Å². The lowest BCUT2D eigenvalue weighted by molar-refractivity contribution is 0.0190. The van der Waals surface area contributed by atoms with Crippen molar-refractivity contribution in [3.8, 4) is 0 Å². The van der Waals surface area contributed by atoms with Gasteiger partial charge in [0.15, 0.2) is 5.43 Å². The van der Waals surface area contributed by atoms with Gasteiger partial charge in [0.05, 0.1) is 47.8 Å². The summed E-state index contributed by atoms with van der Waals surface area (Å²) in [4.78, 5) is 46.3. The van der Waals surface area contributed by atoms with E-state index >= 15 is 4.39 Å². The average Bonchev–Trinajstić information content (AvgIpc) is 3.18. The van der Waals surface area contributed by atoms with Gasteiger partial charge in [-0.3, -0.25) is 29.4 Å². The molecule has 0 aliphatic carbocycles. The number of aromatic amines is 1. The van der Waals surface area contributed by atoms with Crippen LogP contribution in [0.5, 0.6) is 0 Å². The molecule has 3 aromatic heterocycles. The fourth-order valence-corrected chi connectivity index (χ4v) is 6.92. The number of rotatable bonds is 7. The lowest BCUT2D eigenvalue weighted by Gasteiger charge is -2.32. The molecule has 2 fully saturated rings. The molecule has 7 rings (SSSR count). The number of H-pyrrole nitrogens is 1. The second-order valence-electron chi connectivity index (χ2n) is 14.1. The molecule has 2 aromatic carbocycles. The first-order valence-electron chi connectivity index (χ1n) is 18.0. The highest BCUT2D eigenvalue weighted by Crippen LogP contribution is 2.26. The number of benzene rings is 2. The van der Waals surface area contributed by atoms with Gasteiger partial charge in [-0.25, -0.2) is 9.24 Å². The summed E-state index contributed by atoms with van der Waals surface area (Å²) in [5.41, 5.74) is 3.27. The van der Waals surface area contributed by atoms with Gasteiger partial charge in [-0.05, 0) is 95.6 Å². The number of hydrogen-bond acceptors (Lipinski definition) is 7. The maximum absolute atomic E-state index is 15.0. The van der Waals surface area contributed by atoms with E-state index in [9.17, 15) is 9.59 Å². The van der Waals surface area contributed by atoms with E-state index in [0.29, 0.717) is 28.1 Å². The largest absolute Gasteiger partial charge is 0.379 e. The van der Waals surface area contributed by atoms with Crippen LogP contribution in [0.1, 0.15) is 86.4 Å². The zero-order valence-corrected chi connectivity index (χ0v) is 30.3. The van der Waals surface area contributed by atoms with Gasteiger partial charge in [0.25, 0.3) is 5.91 Å². The zero-order valence-electron chi connectivity index (χ0n) is 30.3. The Hall–Kier alpha value is -5.02. The van der Waals surface area contributed by atoms with Crippen LogP contribution < -0.4 is 10.7 Å². The minimum absolute atomic E-state index is 0.132. The van der Waals surface area contributed by atoms with Crippen molar-refractivity contribution in [2.45, 2.75) is 64.6 Å². The van der Waals surface area contributed by atoms with E-state index < -0.39 is 17.3 Å². The fraction of sp³-hybridized carbons (Fsp3) is 0.390. The van der Waals surface area contributed by atoms with E-state index in [2.05, 4.69) is 48.8 Å². The summed E-state index contributed by atoms with van der Waals surface area (Å²) in [6.07, 6.45) is 7.37. The van der Waals surface area contributed by atoms with Crippen molar-refractivity contribution in [1.29, 1.82) is 0 Å². The number of carbonyl (C=O) groups excluding carboxylic acids is 1. The Morgan fingerprint density at radius 2 is 1.54 bits per heavy atom. The molecule has 2 aliphatic rings. The maximum atomic E-state index is 15.0. The van der Waals surface area contributed by atoms with Gasteiger partial charge in [-0.1, -0.05) is 30.7 Å². The van der Waals surface area contributed by atoms with Crippen molar-refractivity contribution in [2.75, 3.05) is 39.4 Å². The van der Waals surface area contributed by atoms with E-state index in [0.717, 1.165) is 49.3 Å². The summed E-state index contributed by atoms with van der Waals surface area (Å²) < 4.78 is 20.4. The second-order valence-corrected chi connectivity index (χ2v) is 14.1. The molecule has 270 valence electrons. The molecule has 2 aliphatic heterocycles. The van der Waals surface area contributed by atoms with Crippen LogP contribution >= 0.6 is 0 Å². The van der Waals surface area contributed by atoms with Crippen molar-refractivity contribution in [3.05, 3.63) is 123 Å². The average molecular weight is 704 g/mol. The first-order valence-corrected chi connectivity index (χ1v) is 18.0. The number of ether oxygens (including phenoxy) is 1. The number of amides is 1. The van der Waals surface area contributed by atoms with Crippen molar-refractivity contribution in [3.63, 3.8) is 0 Å². The minimum Gasteiger partial charge on any atom is -0.379 e. The summed E-state index contributed by atoms with van der Waals surface area (Å²) in [6, 6.07) is 17.8. The summed E-state index contributed by atoms with van der Waals surface area (Å²) in [5, 5.41) is 3.60. The third-order valence-electron chi connectivity index (χ3n) is 10.3. The number of piperidine rings is 1. The number of halogens is 1. The lowest BCUT2D eigenvalue weighted by atomic mass is 9.94. The molecule has 0 bridgehead atoms. The van der Waals surface area contributed by atoms with Crippen molar-refractivity contribution in [2.24, 2.45) is 0 Å². The third-order valence-corrected chi connectivity index (χ3v) is 10.3. The highest BCUT2D eigenvalue weighted by atomic mass is 19.1. The minimum atomic E-state index is -0.803. The number of carbonyl (C=O) groups is 1. The molecule has 2 unspecified atom stereocenters. The van der Waals surface area contributed by atoms with Gasteiger partial charge in [0.2, 0.25) is 5.69 Å². The number of hydrogen-bond donors (Lipinski definition) is 2. The number of pyridine rings is 3. The van der Waals surface area contributed by atoms with E-state index in [1.807, 2.05) is 44.2 Å². The van der Waals surface area contributed by atoms with Crippen LogP contribution in [0.25, 0.3) is 26.7 Å². The van der Waals surface area contributed by atoms with Crippen LogP contribution in [-0.4, -0.2) is 70.1 Å². The standard InChI is InChI=1S/C28H29FN4O3.C13H17N3/c1-17(33-10-12-36-13-11-33)23-9-8-18(16-30-23)28(2,3)32-27(35)20-15-25-21(14-22(20)29)26(34)19-6-4-5-7-24(19)31-25;1-11(16-8-4-3-5-9-16)13-7-6-12(14-2)10-15-13/h4-9,14-17H,10-13H2,1-3H3,(H,31,34)(H,32,35);6-7,10-11H,3-5,8-9H2,1H3. The first kappa shape index (κ1) is 36.8. The molecule has 5 aromatic rings. The number of aromatic nitrogens is 3. The maximum Gasteiger partial charge on any atom is 0.255 e. The van der Waals surface area contributed by atoms with Crippen molar-refractivity contribution < 1.29 is 13.9 Å².